The summed E-state index contributed by atoms with van der Waals surface area (Å²) in [6, 6.07) is 2.21. The molecule has 1 unspecified atom stereocenters. The molecule has 0 bridgehead atoms. The highest BCUT2D eigenvalue weighted by molar-refractivity contribution is 5.77. The number of carbonyl (C=O) groups excluding carboxylic acids is 1. The zero-order valence-corrected chi connectivity index (χ0v) is 11.9. The van der Waals surface area contributed by atoms with Crippen LogP contribution in [0.25, 0.3) is 0 Å². The topological polar surface area (TPSA) is 68.6 Å². The Morgan fingerprint density at radius 3 is 2.68 bits per heavy atom. The van der Waals surface area contributed by atoms with Crippen molar-refractivity contribution in [3.63, 3.8) is 0 Å². The van der Waals surface area contributed by atoms with Crippen LogP contribution in [0.5, 0.6) is 0 Å². The maximum absolute atomic E-state index is 11.7. The van der Waals surface area contributed by atoms with Gasteiger partial charge in [-0.2, -0.15) is 5.26 Å². The van der Waals surface area contributed by atoms with E-state index < -0.39 is 0 Å². The Bertz CT molecular complexity index is 308. The van der Waals surface area contributed by atoms with Crippen molar-refractivity contribution in [1.29, 1.82) is 5.26 Å². The Kier molecular flexibility index (Phi) is 7.41. The molecule has 1 heterocycles. The van der Waals surface area contributed by atoms with E-state index in [0.717, 1.165) is 32.6 Å². The summed E-state index contributed by atoms with van der Waals surface area (Å²) in [6.45, 7) is 7.09. The van der Waals surface area contributed by atoms with Gasteiger partial charge in [0.05, 0.1) is 18.7 Å². The smallest absolute Gasteiger partial charge is 0.234 e. The standard InChI is InChI=1S/C13H24N4O2/c1-12(10-14)17-7-5-16(6-8-17)11-13(18)15-4-3-9-19-2/h12H,3-9,11H2,1-2H3,(H,15,18). The molecule has 6 nitrogen and oxygen atoms in total. The minimum Gasteiger partial charge on any atom is -0.385 e. The number of piperazine rings is 1. The van der Waals surface area contributed by atoms with Gasteiger partial charge in [-0.15, -0.1) is 0 Å². The third-order valence-corrected chi connectivity index (χ3v) is 3.36. The zero-order chi connectivity index (χ0) is 14.1. The van der Waals surface area contributed by atoms with Crippen LogP contribution in [0.4, 0.5) is 0 Å². The van der Waals surface area contributed by atoms with Gasteiger partial charge < -0.3 is 10.1 Å². The summed E-state index contributed by atoms with van der Waals surface area (Å²) in [4.78, 5) is 16.0. The van der Waals surface area contributed by atoms with Crippen molar-refractivity contribution < 1.29 is 9.53 Å². The Balaban J connectivity index is 2.15. The molecular weight excluding hydrogens is 244 g/mol. The van der Waals surface area contributed by atoms with Crippen LogP contribution < -0.4 is 5.32 Å². The molecule has 0 saturated carbocycles. The van der Waals surface area contributed by atoms with Crippen LogP contribution in [0.3, 0.4) is 0 Å². The van der Waals surface area contributed by atoms with Crippen LogP contribution in [-0.2, 0) is 9.53 Å². The van der Waals surface area contributed by atoms with Gasteiger partial charge in [-0.3, -0.25) is 14.6 Å². The predicted octanol–water partition coefficient (Wildman–Crippen LogP) is -0.331. The number of carbonyl (C=O) groups is 1. The van der Waals surface area contributed by atoms with Crippen molar-refractivity contribution in [2.24, 2.45) is 0 Å². The van der Waals surface area contributed by atoms with Gasteiger partial charge in [-0.1, -0.05) is 0 Å². The normalized spacial score (nSPS) is 18.8. The molecule has 1 atom stereocenters. The Labute approximate surface area is 115 Å². The number of ether oxygens (including phenoxy) is 1. The van der Waals surface area contributed by atoms with Crippen LogP contribution in [0.2, 0.25) is 0 Å². The molecule has 1 amide bonds. The second-order valence-electron chi connectivity index (χ2n) is 4.81. The molecule has 1 aliphatic rings. The van der Waals surface area contributed by atoms with E-state index >= 15 is 0 Å². The average Bonchev–Trinajstić information content (AvgIpc) is 2.43. The molecule has 6 heteroatoms. The Morgan fingerprint density at radius 1 is 1.42 bits per heavy atom. The molecule has 0 aliphatic carbocycles. The summed E-state index contributed by atoms with van der Waals surface area (Å²) in [5.74, 6) is 0.0675. The molecule has 0 aromatic carbocycles. The number of hydrogen-bond acceptors (Lipinski definition) is 5. The summed E-state index contributed by atoms with van der Waals surface area (Å²) in [6.07, 6.45) is 0.843. The molecular formula is C13H24N4O2. The maximum atomic E-state index is 11.7. The Morgan fingerprint density at radius 2 is 2.11 bits per heavy atom. The minimum absolute atomic E-state index is 0.0370. The second-order valence-corrected chi connectivity index (χ2v) is 4.81. The van der Waals surface area contributed by atoms with Crippen molar-refractivity contribution in [3.05, 3.63) is 0 Å². The van der Waals surface area contributed by atoms with E-state index in [2.05, 4.69) is 21.2 Å². The van der Waals surface area contributed by atoms with E-state index in [1.54, 1.807) is 7.11 Å². The van der Waals surface area contributed by atoms with Crippen molar-refractivity contribution in [1.82, 2.24) is 15.1 Å². The highest BCUT2D eigenvalue weighted by Gasteiger charge is 2.21. The highest BCUT2D eigenvalue weighted by atomic mass is 16.5. The van der Waals surface area contributed by atoms with Gasteiger partial charge in [-0.05, 0) is 13.3 Å². The number of nitriles is 1. The van der Waals surface area contributed by atoms with Crippen LogP contribution >= 0.6 is 0 Å². The number of methoxy groups -OCH3 is 1. The van der Waals surface area contributed by atoms with Gasteiger partial charge in [0.1, 0.15) is 0 Å². The van der Waals surface area contributed by atoms with Crippen molar-refractivity contribution in [2.45, 2.75) is 19.4 Å². The van der Waals surface area contributed by atoms with Crippen molar-refractivity contribution in [3.8, 4) is 6.07 Å². The fraction of sp³-hybridized carbons (Fsp3) is 0.846. The molecule has 108 valence electrons. The third-order valence-electron chi connectivity index (χ3n) is 3.36. The number of hydrogen-bond donors (Lipinski definition) is 1. The maximum Gasteiger partial charge on any atom is 0.234 e. The van der Waals surface area contributed by atoms with Gasteiger partial charge in [-0.25, -0.2) is 0 Å². The zero-order valence-electron chi connectivity index (χ0n) is 11.9. The molecule has 1 saturated heterocycles. The molecule has 1 rings (SSSR count). The van der Waals surface area contributed by atoms with Crippen LogP contribution in [0.1, 0.15) is 13.3 Å². The quantitative estimate of drug-likeness (QED) is 0.640. The summed E-state index contributed by atoms with van der Waals surface area (Å²) in [7, 11) is 1.66. The first-order valence-corrected chi connectivity index (χ1v) is 6.79. The lowest BCUT2D eigenvalue weighted by Crippen LogP contribution is -2.51. The lowest BCUT2D eigenvalue weighted by atomic mass is 10.2. The van der Waals surface area contributed by atoms with Gasteiger partial charge >= 0.3 is 0 Å². The van der Waals surface area contributed by atoms with E-state index in [0.29, 0.717) is 19.7 Å². The van der Waals surface area contributed by atoms with Crippen molar-refractivity contribution >= 4 is 5.91 Å². The number of nitrogens with zero attached hydrogens (tertiary/aromatic N) is 3. The predicted molar refractivity (Wildman–Crippen MR) is 72.6 cm³/mol. The summed E-state index contributed by atoms with van der Waals surface area (Å²) >= 11 is 0. The first-order valence-electron chi connectivity index (χ1n) is 6.79. The van der Waals surface area contributed by atoms with Crippen molar-refractivity contribution in [2.75, 3.05) is 53.0 Å². The van der Waals surface area contributed by atoms with Crippen LogP contribution in [-0.4, -0.2) is 74.7 Å². The number of nitrogens with one attached hydrogen (secondary N) is 1. The lowest BCUT2D eigenvalue weighted by Gasteiger charge is -2.35. The van der Waals surface area contributed by atoms with E-state index in [-0.39, 0.29) is 11.9 Å². The molecule has 1 N–H and O–H groups in total. The molecule has 19 heavy (non-hydrogen) atoms. The number of rotatable bonds is 7. The van der Waals surface area contributed by atoms with E-state index in [1.165, 1.54) is 0 Å². The van der Waals surface area contributed by atoms with Gasteiger partial charge in [0.2, 0.25) is 5.91 Å². The second kappa shape index (κ2) is 8.86. The van der Waals surface area contributed by atoms with E-state index in [9.17, 15) is 4.79 Å². The SMILES string of the molecule is COCCCNC(=O)CN1CCN(C(C)C#N)CC1. The van der Waals surface area contributed by atoms with E-state index in [4.69, 9.17) is 10.00 Å². The van der Waals surface area contributed by atoms with Gasteiger partial charge in [0.15, 0.2) is 0 Å². The average molecular weight is 268 g/mol. The van der Waals surface area contributed by atoms with E-state index in [1.807, 2.05) is 6.92 Å². The lowest BCUT2D eigenvalue weighted by molar-refractivity contribution is -0.122. The molecule has 0 aromatic rings. The van der Waals surface area contributed by atoms with Crippen LogP contribution in [0.15, 0.2) is 0 Å². The fourth-order valence-corrected chi connectivity index (χ4v) is 2.09. The summed E-state index contributed by atoms with van der Waals surface area (Å²) in [5.41, 5.74) is 0. The fourth-order valence-electron chi connectivity index (χ4n) is 2.09. The summed E-state index contributed by atoms with van der Waals surface area (Å²) < 4.78 is 4.92. The van der Waals surface area contributed by atoms with Gasteiger partial charge in [0.25, 0.3) is 0 Å². The monoisotopic (exact) mass is 268 g/mol. The molecule has 1 aliphatic heterocycles. The first-order chi connectivity index (χ1) is 9.17. The molecule has 0 aromatic heterocycles. The first kappa shape index (κ1) is 15.9. The molecule has 0 spiro atoms. The molecule has 0 radical (unpaired) electrons. The van der Waals surface area contributed by atoms with Gasteiger partial charge in [0, 0.05) is 46.4 Å². The third kappa shape index (κ3) is 6.01. The Hall–Kier alpha value is -1.16. The molecule has 1 fully saturated rings. The highest BCUT2D eigenvalue weighted by Crippen LogP contribution is 2.05. The summed E-state index contributed by atoms with van der Waals surface area (Å²) in [5, 5.41) is 11.7. The number of amides is 1. The van der Waals surface area contributed by atoms with Crippen LogP contribution in [0, 0.1) is 11.3 Å². The largest absolute Gasteiger partial charge is 0.385 e. The minimum atomic E-state index is -0.0370.